The zero-order chi connectivity index (χ0) is 21.6. The van der Waals surface area contributed by atoms with Crippen LogP contribution in [-0.4, -0.2) is 32.0 Å². The molecule has 0 bridgehead atoms. The third-order valence-corrected chi connectivity index (χ3v) is 4.86. The lowest BCUT2D eigenvalue weighted by molar-refractivity contribution is -0.121. The Morgan fingerprint density at radius 2 is 1.68 bits per heavy atom. The lowest BCUT2D eigenvalue weighted by Gasteiger charge is -2.09. The fourth-order valence-corrected chi connectivity index (χ4v) is 3.27. The van der Waals surface area contributed by atoms with E-state index in [-0.39, 0.29) is 23.6 Å². The summed E-state index contributed by atoms with van der Waals surface area (Å²) in [6, 6.07) is 20.0. The lowest BCUT2D eigenvalue weighted by atomic mass is 10.1. The number of nitrogens with one attached hydrogen (secondary N) is 1. The molecule has 31 heavy (non-hydrogen) atoms. The molecule has 2 aromatic heterocycles. The van der Waals surface area contributed by atoms with Crippen LogP contribution in [0.1, 0.15) is 6.42 Å². The first kappa shape index (κ1) is 20.2. The summed E-state index contributed by atoms with van der Waals surface area (Å²) in [7, 11) is 0. The average molecular weight is 415 g/mol. The molecule has 0 spiro atoms. The van der Waals surface area contributed by atoms with Crippen LogP contribution in [0, 0.1) is 0 Å². The number of fused-ring (bicyclic) bond motifs is 1. The van der Waals surface area contributed by atoms with Crippen LogP contribution in [0.5, 0.6) is 0 Å². The van der Waals surface area contributed by atoms with Crippen molar-refractivity contribution in [3.05, 3.63) is 93.6 Å². The van der Waals surface area contributed by atoms with Crippen LogP contribution in [0.4, 0.5) is 0 Å². The maximum Gasteiger partial charge on any atom is 0.267 e. The SMILES string of the molecule is O=C(Cn1nc(-c2ccc3ccccc3c2)ccc1=O)NCCCn1ncccc1=O. The smallest absolute Gasteiger partial charge is 0.267 e. The van der Waals surface area contributed by atoms with Gasteiger partial charge in [0.05, 0.1) is 5.69 Å². The molecule has 2 aromatic carbocycles. The second kappa shape index (κ2) is 9.17. The molecular weight excluding hydrogens is 394 g/mol. The van der Waals surface area contributed by atoms with E-state index in [9.17, 15) is 14.4 Å². The molecule has 0 fully saturated rings. The van der Waals surface area contributed by atoms with E-state index >= 15 is 0 Å². The van der Waals surface area contributed by atoms with Gasteiger partial charge in [-0.2, -0.15) is 10.2 Å². The van der Waals surface area contributed by atoms with Crippen molar-refractivity contribution in [3.8, 4) is 11.3 Å². The summed E-state index contributed by atoms with van der Waals surface area (Å²) in [5.41, 5.74) is 0.955. The summed E-state index contributed by atoms with van der Waals surface area (Å²) in [6.45, 7) is 0.584. The second-order valence-electron chi connectivity index (χ2n) is 7.06. The highest BCUT2D eigenvalue weighted by Crippen LogP contribution is 2.22. The van der Waals surface area contributed by atoms with Crippen LogP contribution < -0.4 is 16.4 Å². The summed E-state index contributed by atoms with van der Waals surface area (Å²) >= 11 is 0. The third-order valence-electron chi connectivity index (χ3n) is 4.86. The molecule has 2 heterocycles. The van der Waals surface area contributed by atoms with E-state index in [1.807, 2.05) is 42.5 Å². The highest BCUT2D eigenvalue weighted by molar-refractivity contribution is 5.86. The summed E-state index contributed by atoms with van der Waals surface area (Å²) < 4.78 is 2.49. The minimum atomic E-state index is -0.347. The lowest BCUT2D eigenvalue weighted by Crippen LogP contribution is -2.34. The quantitative estimate of drug-likeness (QED) is 0.464. The highest BCUT2D eigenvalue weighted by atomic mass is 16.2. The van der Waals surface area contributed by atoms with E-state index in [2.05, 4.69) is 15.5 Å². The van der Waals surface area contributed by atoms with Crippen molar-refractivity contribution >= 4 is 16.7 Å². The largest absolute Gasteiger partial charge is 0.354 e. The van der Waals surface area contributed by atoms with Gasteiger partial charge in [0.2, 0.25) is 5.91 Å². The molecular formula is C23H21N5O3. The number of benzene rings is 2. The van der Waals surface area contributed by atoms with E-state index in [4.69, 9.17) is 0 Å². The molecule has 1 N–H and O–H groups in total. The van der Waals surface area contributed by atoms with Gasteiger partial charge in [-0.25, -0.2) is 9.36 Å². The Morgan fingerprint density at radius 1 is 0.871 bits per heavy atom. The topological polar surface area (TPSA) is 98.9 Å². The van der Waals surface area contributed by atoms with Crippen molar-refractivity contribution in [2.24, 2.45) is 0 Å². The van der Waals surface area contributed by atoms with E-state index in [0.717, 1.165) is 21.0 Å². The molecule has 0 aliphatic carbocycles. The highest BCUT2D eigenvalue weighted by Gasteiger charge is 2.08. The summed E-state index contributed by atoms with van der Waals surface area (Å²) in [5.74, 6) is -0.321. The number of hydrogen-bond donors (Lipinski definition) is 1. The van der Waals surface area contributed by atoms with Crippen molar-refractivity contribution in [2.45, 2.75) is 19.5 Å². The first-order valence-corrected chi connectivity index (χ1v) is 9.96. The molecule has 0 aliphatic rings. The number of amides is 1. The van der Waals surface area contributed by atoms with Crippen molar-refractivity contribution in [3.63, 3.8) is 0 Å². The van der Waals surface area contributed by atoms with Crippen LogP contribution in [0.3, 0.4) is 0 Å². The van der Waals surface area contributed by atoms with Crippen LogP contribution in [-0.2, 0) is 17.9 Å². The molecule has 0 aliphatic heterocycles. The van der Waals surface area contributed by atoms with E-state index in [0.29, 0.717) is 25.2 Å². The number of rotatable bonds is 7. The minimum Gasteiger partial charge on any atom is -0.354 e. The van der Waals surface area contributed by atoms with Crippen molar-refractivity contribution < 1.29 is 4.79 Å². The predicted molar refractivity (Wildman–Crippen MR) is 118 cm³/mol. The molecule has 0 radical (unpaired) electrons. The molecule has 8 heteroatoms. The standard InChI is InChI=1S/C23H21N5O3/c29-21(24-12-4-14-27-22(30)7-3-13-25-27)16-28-23(31)11-10-20(26-28)19-9-8-17-5-1-2-6-18(17)15-19/h1-3,5-11,13,15H,4,12,14,16H2,(H,24,29). The Hall–Kier alpha value is -4.07. The van der Waals surface area contributed by atoms with E-state index in [1.54, 1.807) is 18.3 Å². The van der Waals surface area contributed by atoms with Gasteiger partial charge in [0.15, 0.2) is 0 Å². The van der Waals surface area contributed by atoms with Gasteiger partial charge in [-0.05, 0) is 35.4 Å². The van der Waals surface area contributed by atoms with Gasteiger partial charge in [-0.15, -0.1) is 0 Å². The minimum absolute atomic E-state index is 0.177. The molecule has 0 saturated carbocycles. The number of aryl methyl sites for hydroxylation is 1. The fraction of sp³-hybridized carbons (Fsp3) is 0.174. The van der Waals surface area contributed by atoms with Crippen LogP contribution in [0.15, 0.2) is 82.5 Å². The number of nitrogens with zero attached hydrogens (tertiary/aromatic N) is 4. The number of hydrogen-bond acceptors (Lipinski definition) is 5. The van der Waals surface area contributed by atoms with Crippen molar-refractivity contribution in [2.75, 3.05) is 6.54 Å². The third kappa shape index (κ3) is 4.92. The first-order valence-electron chi connectivity index (χ1n) is 9.96. The summed E-state index contributed by atoms with van der Waals surface area (Å²) in [6.07, 6.45) is 2.09. The Labute approximate surface area is 177 Å². The maximum absolute atomic E-state index is 12.3. The average Bonchev–Trinajstić information content (AvgIpc) is 2.79. The van der Waals surface area contributed by atoms with Gasteiger partial charge >= 0.3 is 0 Å². The summed E-state index contributed by atoms with van der Waals surface area (Å²) in [4.78, 5) is 36.1. The van der Waals surface area contributed by atoms with Crippen LogP contribution in [0.25, 0.3) is 22.0 Å². The van der Waals surface area contributed by atoms with E-state index in [1.165, 1.54) is 16.8 Å². The molecule has 156 valence electrons. The Bertz CT molecular complexity index is 1340. The molecule has 0 saturated heterocycles. The van der Waals surface area contributed by atoms with E-state index < -0.39 is 0 Å². The number of carbonyl (C=O) groups is 1. The number of aromatic nitrogens is 4. The van der Waals surface area contributed by atoms with Crippen molar-refractivity contribution in [1.29, 1.82) is 0 Å². The van der Waals surface area contributed by atoms with Gasteiger partial charge in [0.1, 0.15) is 6.54 Å². The first-order chi connectivity index (χ1) is 15.1. The molecule has 8 nitrogen and oxygen atoms in total. The fourth-order valence-electron chi connectivity index (χ4n) is 3.27. The second-order valence-corrected chi connectivity index (χ2v) is 7.06. The monoisotopic (exact) mass is 415 g/mol. The Morgan fingerprint density at radius 3 is 2.52 bits per heavy atom. The van der Waals surface area contributed by atoms with Crippen LogP contribution >= 0.6 is 0 Å². The normalized spacial score (nSPS) is 10.8. The zero-order valence-electron chi connectivity index (χ0n) is 16.8. The molecule has 4 aromatic rings. The predicted octanol–water partition coefficient (Wildman–Crippen LogP) is 1.83. The van der Waals surface area contributed by atoms with Gasteiger partial charge in [-0.3, -0.25) is 14.4 Å². The molecule has 0 atom stereocenters. The zero-order valence-corrected chi connectivity index (χ0v) is 16.8. The van der Waals surface area contributed by atoms with Crippen molar-refractivity contribution in [1.82, 2.24) is 24.9 Å². The molecule has 1 amide bonds. The Balaban J connectivity index is 1.40. The van der Waals surface area contributed by atoms with Gasteiger partial charge < -0.3 is 5.32 Å². The molecule has 4 rings (SSSR count). The summed E-state index contributed by atoms with van der Waals surface area (Å²) in [5, 5.41) is 13.3. The number of carbonyl (C=O) groups excluding carboxylic acids is 1. The Kier molecular flexibility index (Phi) is 5.98. The van der Waals surface area contributed by atoms with Gasteiger partial charge in [0.25, 0.3) is 11.1 Å². The van der Waals surface area contributed by atoms with Gasteiger partial charge in [-0.1, -0.05) is 36.4 Å². The van der Waals surface area contributed by atoms with Gasteiger partial charge in [0, 0.05) is 37.0 Å². The maximum atomic E-state index is 12.3. The van der Waals surface area contributed by atoms with Crippen LogP contribution in [0.2, 0.25) is 0 Å². The molecule has 0 unspecified atom stereocenters.